The Morgan fingerprint density at radius 2 is 0.620 bits per heavy atom. The first-order valence-corrected chi connectivity index (χ1v) is 32.0. The molecule has 8 aliphatic heterocycles. The molecule has 0 spiro atoms. The Balaban J connectivity index is 1.10. The summed E-state index contributed by atoms with van der Waals surface area (Å²) in [7, 11) is 0. The molecule has 40 atom stereocenters. The lowest BCUT2D eigenvalue weighted by atomic mass is 9.93. The highest BCUT2D eigenvalue weighted by atomic mass is 16.8. The monoisotopic (exact) mass is 1460 g/mol. The smallest absolute Gasteiger partial charge is 0.217 e. The largest absolute Gasteiger partial charge is 0.394 e. The predicted molar refractivity (Wildman–Crippen MR) is 309 cm³/mol. The van der Waals surface area contributed by atoms with Crippen LogP contribution in [0.1, 0.15) is 34.6 Å². The fourth-order valence-corrected chi connectivity index (χ4v) is 12.7. The molecule has 100 heavy (non-hydrogen) atoms. The van der Waals surface area contributed by atoms with E-state index in [0.29, 0.717) is 0 Å². The van der Waals surface area contributed by atoms with Crippen molar-refractivity contribution in [1.29, 1.82) is 0 Å². The molecule has 8 aliphatic rings. The van der Waals surface area contributed by atoms with Gasteiger partial charge in [-0.3, -0.25) is 19.2 Å². The third-order valence-electron chi connectivity index (χ3n) is 18.2. The van der Waals surface area contributed by atoms with Gasteiger partial charge in [-0.2, -0.15) is 0 Å². The SMILES string of the molecule is CC(=O)N[C@@H]1[C@@H](O)[C@H](O[C@@H]2O[C@H](CO)[C@@H](O[C@@H]3O[C@H](CO[C@H]4O[C@H](CO[C@@H]5O[C@H](CO)[C@@H](O)[C@H](O)[C@H]5NC(C)=O)[C@@H](O)[C@H](O)[C@@H]4O)[C@@H](O)[C@H](O[C@H]4O[C@H](CO)[C@@H](O)[C@H](O)[C@@H]4O[C@@H]4O[C@H](CO)[C@@H](O)[C@H](O)[C@H]4NC(C)=O)[C@@H]3O)[C@H](O)[C@H]2NC(C)=O)[C@@H](CO[C@@H]2O[C@@H](C)[C@@H](O)[C@@H](O)[C@@H]2O)O[C@H]1O. The minimum absolute atomic E-state index is 0.737. The number of carbonyl (C=O) groups excluding carboxylic acids is 4. The van der Waals surface area contributed by atoms with Gasteiger partial charge >= 0.3 is 0 Å². The van der Waals surface area contributed by atoms with Gasteiger partial charge in [0.15, 0.2) is 50.3 Å². The van der Waals surface area contributed by atoms with Crippen molar-refractivity contribution >= 4 is 23.6 Å². The number of carbonyl (C=O) groups is 4. The molecule has 8 heterocycles. The zero-order valence-electron chi connectivity index (χ0n) is 54.2. The Morgan fingerprint density at radius 1 is 0.280 bits per heavy atom. The maximum Gasteiger partial charge on any atom is 0.217 e. The van der Waals surface area contributed by atoms with Crippen LogP contribution < -0.4 is 21.3 Å². The molecular weight excluding hydrogens is 1370 g/mol. The number of aliphatic hydroxyl groups is 21. The first kappa shape index (κ1) is 82.1. The summed E-state index contributed by atoms with van der Waals surface area (Å²) in [4.78, 5) is 49.9. The number of hydrogen-bond acceptors (Lipinski definition) is 40. The topological polar surface area (TPSA) is 680 Å². The summed E-state index contributed by atoms with van der Waals surface area (Å²) in [6.45, 7) is -1.49. The normalized spacial score (nSPS) is 48.7. The molecule has 4 amide bonds. The van der Waals surface area contributed by atoms with Gasteiger partial charge in [0.2, 0.25) is 23.6 Å². The maximum absolute atomic E-state index is 13.1. The molecule has 44 nitrogen and oxygen atoms in total. The molecule has 0 aromatic heterocycles. The van der Waals surface area contributed by atoms with E-state index in [1.807, 2.05) is 0 Å². The summed E-state index contributed by atoms with van der Waals surface area (Å²) in [6, 6.07) is -6.89. The van der Waals surface area contributed by atoms with Crippen molar-refractivity contribution in [2.75, 3.05) is 46.2 Å². The van der Waals surface area contributed by atoms with E-state index in [1.54, 1.807) is 0 Å². The van der Waals surface area contributed by atoms with Crippen LogP contribution in [-0.2, 0) is 90.2 Å². The first-order valence-electron chi connectivity index (χ1n) is 32.0. The quantitative estimate of drug-likeness (QED) is 0.0404. The summed E-state index contributed by atoms with van der Waals surface area (Å²) >= 11 is 0. The van der Waals surface area contributed by atoms with Gasteiger partial charge in [0, 0.05) is 27.7 Å². The summed E-state index contributed by atoms with van der Waals surface area (Å²) in [5.41, 5.74) is 0. The van der Waals surface area contributed by atoms with Crippen molar-refractivity contribution in [3.05, 3.63) is 0 Å². The van der Waals surface area contributed by atoms with Crippen LogP contribution in [0.4, 0.5) is 0 Å². The maximum atomic E-state index is 13.1. The lowest BCUT2D eigenvalue weighted by molar-refractivity contribution is -0.394. The third-order valence-corrected chi connectivity index (χ3v) is 18.2. The van der Waals surface area contributed by atoms with E-state index in [9.17, 15) is 126 Å². The van der Waals surface area contributed by atoms with Crippen molar-refractivity contribution in [2.24, 2.45) is 0 Å². The van der Waals surface area contributed by atoms with Gasteiger partial charge in [0.25, 0.3) is 0 Å². The summed E-state index contributed by atoms with van der Waals surface area (Å²) in [5, 5.41) is 241. The van der Waals surface area contributed by atoms with Crippen LogP contribution in [0, 0.1) is 0 Å². The van der Waals surface area contributed by atoms with E-state index in [1.165, 1.54) is 6.92 Å². The number of hydrogen-bond donors (Lipinski definition) is 25. The van der Waals surface area contributed by atoms with Gasteiger partial charge in [-0.05, 0) is 6.92 Å². The second-order valence-corrected chi connectivity index (χ2v) is 25.4. The van der Waals surface area contributed by atoms with Crippen molar-refractivity contribution in [3.63, 3.8) is 0 Å². The van der Waals surface area contributed by atoms with Gasteiger partial charge in [-0.25, -0.2) is 0 Å². The third kappa shape index (κ3) is 18.4. The number of amides is 4. The fraction of sp³-hybridized carbons (Fsp3) is 0.929. The van der Waals surface area contributed by atoms with Crippen LogP contribution in [0.15, 0.2) is 0 Å². The molecule has 8 fully saturated rings. The minimum Gasteiger partial charge on any atom is -0.394 e. The number of nitrogens with one attached hydrogen (secondary N) is 4. The Kier molecular flexibility index (Phi) is 29.3. The highest BCUT2D eigenvalue weighted by Gasteiger charge is 2.59. The fourth-order valence-electron chi connectivity index (χ4n) is 12.7. The average molecular weight is 1460 g/mol. The second kappa shape index (κ2) is 35.7. The van der Waals surface area contributed by atoms with Crippen LogP contribution >= 0.6 is 0 Å². The molecule has 25 N–H and O–H groups in total. The zero-order chi connectivity index (χ0) is 73.8. The van der Waals surface area contributed by atoms with Gasteiger partial charge in [-0.15, -0.1) is 0 Å². The molecular formula is C56H94N4O40. The Labute approximate surface area is 567 Å². The van der Waals surface area contributed by atoms with Crippen LogP contribution in [-0.4, -0.2) is 423 Å². The molecule has 44 heteroatoms. The van der Waals surface area contributed by atoms with E-state index < -0.39 is 315 Å². The van der Waals surface area contributed by atoms with Crippen molar-refractivity contribution in [2.45, 2.75) is 280 Å². The molecule has 0 aromatic rings. The lowest BCUT2D eigenvalue weighted by Gasteiger charge is -2.51. The van der Waals surface area contributed by atoms with Gasteiger partial charge < -0.3 is 200 Å². The van der Waals surface area contributed by atoms with E-state index in [2.05, 4.69) is 21.3 Å². The molecule has 0 unspecified atom stereocenters. The molecule has 0 saturated carbocycles. The summed E-state index contributed by atoms with van der Waals surface area (Å²) in [5.74, 6) is -3.32. The highest BCUT2D eigenvalue weighted by Crippen LogP contribution is 2.38. The van der Waals surface area contributed by atoms with E-state index in [-0.39, 0.29) is 0 Å². The summed E-state index contributed by atoms with van der Waals surface area (Å²) < 4.78 is 88.1. The van der Waals surface area contributed by atoms with E-state index in [4.69, 9.17) is 71.1 Å². The van der Waals surface area contributed by atoms with Crippen LogP contribution in [0.25, 0.3) is 0 Å². The molecule has 0 bridgehead atoms. The van der Waals surface area contributed by atoms with Gasteiger partial charge in [-0.1, -0.05) is 0 Å². The van der Waals surface area contributed by atoms with Crippen molar-refractivity contribution in [1.82, 2.24) is 21.3 Å². The summed E-state index contributed by atoms with van der Waals surface area (Å²) in [6.07, 6.45) is -70.7. The number of aliphatic hydroxyl groups excluding tert-OH is 21. The van der Waals surface area contributed by atoms with Gasteiger partial charge in [0.05, 0.1) is 52.4 Å². The molecule has 8 rings (SSSR count). The predicted octanol–water partition coefficient (Wildman–Crippen LogP) is -16.8. The molecule has 0 aromatic carbocycles. The molecule has 8 saturated heterocycles. The standard InChI is InChI=1S/C56H94N4O40/c1-13-29(69)39(79)42(82)53(89-13)88-12-24-46(37(77)25(49(85)90-24)57-14(2)65)97-52-28(60-17(5)68)38(78)45(21(9-64)94-52)98-55-44(84)47(99-56-48(41(81)32(72)20(8-63)93-56)100-51-27(59-16(4)67)36(76)31(71)19(7-62)92-51)34(74)23(96-55)11-87-54-43(83)40(80)33(73)22(95-54)10-86-50-26(58-15(3)66)35(75)30(70)18(6-61)91-50/h13,18-56,61-64,69-85H,6-12H2,1-5H3,(H,57,65)(H,58,66)(H,59,67)(H,60,68)/t13-,18+,19+,20+,21+,22+,23+,24+,25+,26+,27+,28+,29+,30+,31+,32+,33+,34+,35+,36+,37+,38+,39+,40-,41-,42-,43-,44-,45+,46+,47-,48-,49+,50+,51-,52-,53+,54-,55-,56+/m0/s1. The Hall–Kier alpha value is -3.56. The highest BCUT2D eigenvalue weighted by molar-refractivity contribution is 5.74. The van der Waals surface area contributed by atoms with Crippen molar-refractivity contribution in [3.8, 4) is 0 Å². The Bertz CT molecular complexity index is 2620. The van der Waals surface area contributed by atoms with Crippen LogP contribution in [0.5, 0.6) is 0 Å². The average Bonchev–Trinajstić information content (AvgIpc) is 0.769. The van der Waals surface area contributed by atoms with Crippen LogP contribution in [0.3, 0.4) is 0 Å². The van der Waals surface area contributed by atoms with E-state index in [0.717, 1.165) is 27.7 Å². The number of rotatable bonds is 25. The lowest BCUT2D eigenvalue weighted by Crippen LogP contribution is -2.70. The molecule has 0 aliphatic carbocycles. The number of ether oxygens (including phenoxy) is 15. The van der Waals surface area contributed by atoms with Crippen LogP contribution in [0.2, 0.25) is 0 Å². The van der Waals surface area contributed by atoms with Gasteiger partial charge in [0.1, 0.15) is 189 Å². The Morgan fingerprint density at radius 3 is 1.14 bits per heavy atom. The minimum atomic E-state index is -2.48. The van der Waals surface area contributed by atoms with E-state index >= 15 is 0 Å². The van der Waals surface area contributed by atoms with Crippen molar-refractivity contribution < 1.29 is 197 Å². The second-order valence-electron chi connectivity index (χ2n) is 25.4. The molecule has 0 radical (unpaired) electrons. The zero-order valence-corrected chi connectivity index (χ0v) is 54.2. The molecule has 578 valence electrons. The first-order chi connectivity index (χ1) is 47.2.